The first-order chi connectivity index (χ1) is 12.1. The summed E-state index contributed by atoms with van der Waals surface area (Å²) in [5, 5.41) is 3.07. The number of hydrogen-bond acceptors (Lipinski definition) is 3. The van der Waals surface area contributed by atoms with Gasteiger partial charge in [-0.15, -0.1) is 0 Å². The van der Waals surface area contributed by atoms with Crippen molar-refractivity contribution in [3.63, 3.8) is 0 Å². The number of nitrogens with one attached hydrogen (secondary N) is 1. The predicted molar refractivity (Wildman–Crippen MR) is 89.1 cm³/mol. The fourth-order valence-corrected chi connectivity index (χ4v) is 3.84. The number of rotatable bonds is 5. The van der Waals surface area contributed by atoms with Gasteiger partial charge in [-0.25, -0.2) is 4.39 Å². The highest BCUT2D eigenvalue weighted by Gasteiger charge is 2.42. The van der Waals surface area contributed by atoms with Crippen LogP contribution in [0.15, 0.2) is 24.3 Å². The zero-order valence-corrected chi connectivity index (χ0v) is 14.1. The number of carbonyl (C=O) groups is 2. The summed E-state index contributed by atoms with van der Waals surface area (Å²) < 4.78 is 19.0. The van der Waals surface area contributed by atoms with E-state index in [9.17, 15) is 14.0 Å². The first-order valence-electron chi connectivity index (χ1n) is 9.09. The van der Waals surface area contributed by atoms with Gasteiger partial charge in [0.2, 0.25) is 11.8 Å². The van der Waals surface area contributed by atoms with E-state index in [4.69, 9.17) is 4.74 Å². The van der Waals surface area contributed by atoms with Crippen molar-refractivity contribution in [1.82, 2.24) is 10.2 Å². The van der Waals surface area contributed by atoms with Gasteiger partial charge in [0.15, 0.2) is 0 Å². The summed E-state index contributed by atoms with van der Waals surface area (Å²) in [4.78, 5) is 26.7. The molecule has 3 fully saturated rings. The van der Waals surface area contributed by atoms with Gasteiger partial charge in [0.05, 0.1) is 18.1 Å². The molecule has 0 aromatic heterocycles. The van der Waals surface area contributed by atoms with E-state index in [-0.39, 0.29) is 42.1 Å². The van der Waals surface area contributed by atoms with Crippen LogP contribution in [0.1, 0.15) is 43.7 Å². The van der Waals surface area contributed by atoms with Crippen molar-refractivity contribution in [2.45, 2.75) is 50.3 Å². The normalized spacial score (nSPS) is 27.6. The fraction of sp³-hybridized carbons (Fsp3) is 0.579. The lowest BCUT2D eigenvalue weighted by atomic mass is 9.97. The molecule has 1 N–H and O–H groups in total. The molecule has 1 aromatic rings. The van der Waals surface area contributed by atoms with Gasteiger partial charge < -0.3 is 15.0 Å². The van der Waals surface area contributed by atoms with Crippen molar-refractivity contribution in [1.29, 1.82) is 0 Å². The maximum absolute atomic E-state index is 13.2. The van der Waals surface area contributed by atoms with Crippen LogP contribution in [0.5, 0.6) is 0 Å². The van der Waals surface area contributed by atoms with E-state index in [2.05, 4.69) is 5.32 Å². The van der Waals surface area contributed by atoms with Crippen molar-refractivity contribution in [3.05, 3.63) is 35.6 Å². The topological polar surface area (TPSA) is 58.6 Å². The minimum atomic E-state index is -0.308. The average Bonchev–Trinajstić information content (AvgIpc) is 3.15. The SMILES string of the molecule is O=C(NC(c1ccc(F)cc1)C1CCCO1)C1CC(=O)N(C2CC2)C1. The molecule has 3 aliphatic rings. The van der Waals surface area contributed by atoms with Gasteiger partial charge in [0.1, 0.15) is 5.82 Å². The van der Waals surface area contributed by atoms with Crippen LogP contribution in [0, 0.1) is 11.7 Å². The zero-order chi connectivity index (χ0) is 17.4. The van der Waals surface area contributed by atoms with Crippen LogP contribution in [0.25, 0.3) is 0 Å². The molecule has 3 atom stereocenters. The molecule has 134 valence electrons. The Labute approximate surface area is 146 Å². The number of carbonyl (C=O) groups excluding carboxylic acids is 2. The number of amides is 2. The number of likely N-dealkylation sites (tertiary alicyclic amines) is 1. The second-order valence-electron chi connectivity index (χ2n) is 7.27. The van der Waals surface area contributed by atoms with Crippen molar-refractivity contribution in [2.24, 2.45) is 5.92 Å². The Balaban J connectivity index is 1.47. The van der Waals surface area contributed by atoms with Crippen LogP contribution in [-0.4, -0.2) is 42.0 Å². The predicted octanol–water partition coefficient (Wildman–Crippen LogP) is 2.17. The fourth-order valence-electron chi connectivity index (χ4n) is 3.84. The van der Waals surface area contributed by atoms with Gasteiger partial charge in [-0.2, -0.15) is 0 Å². The summed E-state index contributed by atoms with van der Waals surface area (Å²) in [5.41, 5.74) is 0.838. The Hall–Kier alpha value is -1.95. The Morgan fingerprint density at radius 1 is 1.24 bits per heavy atom. The Morgan fingerprint density at radius 3 is 2.64 bits per heavy atom. The van der Waals surface area contributed by atoms with Crippen LogP contribution >= 0.6 is 0 Å². The van der Waals surface area contributed by atoms with Gasteiger partial charge in [-0.05, 0) is 43.4 Å². The van der Waals surface area contributed by atoms with Crippen molar-refractivity contribution in [3.8, 4) is 0 Å². The molecule has 0 bridgehead atoms. The lowest BCUT2D eigenvalue weighted by Gasteiger charge is -2.26. The number of benzene rings is 1. The summed E-state index contributed by atoms with van der Waals surface area (Å²) in [6.07, 6.45) is 4.09. The quantitative estimate of drug-likeness (QED) is 0.889. The number of halogens is 1. The minimum absolute atomic E-state index is 0.0816. The Kier molecular flexibility index (Phi) is 4.46. The summed E-state index contributed by atoms with van der Waals surface area (Å²) in [7, 11) is 0. The summed E-state index contributed by atoms with van der Waals surface area (Å²) >= 11 is 0. The van der Waals surface area contributed by atoms with E-state index >= 15 is 0 Å². The molecule has 2 saturated heterocycles. The first kappa shape index (κ1) is 16.5. The van der Waals surface area contributed by atoms with Crippen LogP contribution < -0.4 is 5.32 Å². The van der Waals surface area contributed by atoms with E-state index in [1.54, 1.807) is 12.1 Å². The molecule has 1 aromatic carbocycles. The maximum atomic E-state index is 13.2. The number of nitrogens with zero attached hydrogens (tertiary/aromatic N) is 1. The molecule has 0 radical (unpaired) electrons. The first-order valence-corrected chi connectivity index (χ1v) is 9.09. The summed E-state index contributed by atoms with van der Waals surface area (Å²) in [6.45, 7) is 1.19. The third-order valence-corrected chi connectivity index (χ3v) is 5.38. The van der Waals surface area contributed by atoms with E-state index in [0.717, 1.165) is 31.2 Å². The smallest absolute Gasteiger partial charge is 0.225 e. The van der Waals surface area contributed by atoms with Gasteiger partial charge in [0.25, 0.3) is 0 Å². The minimum Gasteiger partial charge on any atom is -0.376 e. The maximum Gasteiger partial charge on any atom is 0.225 e. The highest BCUT2D eigenvalue weighted by Crippen LogP contribution is 2.33. The number of ether oxygens (including phenoxy) is 1. The third-order valence-electron chi connectivity index (χ3n) is 5.38. The number of hydrogen-bond donors (Lipinski definition) is 1. The molecule has 1 aliphatic carbocycles. The molecule has 2 heterocycles. The van der Waals surface area contributed by atoms with Crippen molar-refractivity contribution < 1.29 is 18.7 Å². The summed E-state index contributed by atoms with van der Waals surface area (Å²) in [6, 6.07) is 6.22. The van der Waals surface area contributed by atoms with Crippen LogP contribution in [0.3, 0.4) is 0 Å². The molecule has 0 spiro atoms. The molecule has 25 heavy (non-hydrogen) atoms. The molecular weight excluding hydrogens is 323 g/mol. The molecule has 6 heteroatoms. The molecule has 4 rings (SSSR count). The monoisotopic (exact) mass is 346 g/mol. The zero-order valence-electron chi connectivity index (χ0n) is 14.1. The third kappa shape index (κ3) is 3.54. The van der Waals surface area contributed by atoms with Crippen LogP contribution in [-0.2, 0) is 14.3 Å². The van der Waals surface area contributed by atoms with E-state index in [1.165, 1.54) is 12.1 Å². The molecule has 1 saturated carbocycles. The molecule has 5 nitrogen and oxygen atoms in total. The second-order valence-corrected chi connectivity index (χ2v) is 7.27. The average molecular weight is 346 g/mol. The standard InChI is InChI=1S/C19H23FN2O3/c20-14-5-3-12(4-6-14)18(16-2-1-9-25-16)21-19(24)13-10-17(23)22(11-13)15-7-8-15/h3-6,13,15-16,18H,1-2,7-11H2,(H,21,24). The van der Waals surface area contributed by atoms with Gasteiger partial charge in [0, 0.05) is 25.6 Å². The highest BCUT2D eigenvalue weighted by molar-refractivity contribution is 5.89. The second kappa shape index (κ2) is 6.75. The lowest BCUT2D eigenvalue weighted by Crippen LogP contribution is -2.40. The highest BCUT2D eigenvalue weighted by atomic mass is 19.1. The van der Waals surface area contributed by atoms with Crippen LogP contribution in [0.4, 0.5) is 4.39 Å². The van der Waals surface area contributed by atoms with E-state index in [1.807, 2.05) is 4.90 Å². The Morgan fingerprint density at radius 2 is 2.00 bits per heavy atom. The largest absolute Gasteiger partial charge is 0.376 e. The van der Waals surface area contributed by atoms with Gasteiger partial charge in [-0.3, -0.25) is 9.59 Å². The van der Waals surface area contributed by atoms with Crippen molar-refractivity contribution in [2.75, 3.05) is 13.2 Å². The van der Waals surface area contributed by atoms with Gasteiger partial charge in [-0.1, -0.05) is 12.1 Å². The van der Waals surface area contributed by atoms with Crippen molar-refractivity contribution >= 4 is 11.8 Å². The Bertz CT molecular complexity index is 653. The molecular formula is C19H23FN2O3. The van der Waals surface area contributed by atoms with E-state index in [0.29, 0.717) is 19.2 Å². The van der Waals surface area contributed by atoms with Gasteiger partial charge >= 0.3 is 0 Å². The summed E-state index contributed by atoms with van der Waals surface area (Å²) in [5.74, 6) is -0.639. The molecule has 3 unspecified atom stereocenters. The molecule has 2 aliphatic heterocycles. The molecule has 2 amide bonds. The van der Waals surface area contributed by atoms with Crippen LogP contribution in [0.2, 0.25) is 0 Å². The van der Waals surface area contributed by atoms with E-state index < -0.39 is 0 Å². The lowest BCUT2D eigenvalue weighted by molar-refractivity contribution is -0.129.